The van der Waals surface area contributed by atoms with E-state index in [-0.39, 0.29) is 5.82 Å². The Kier molecular flexibility index (Phi) is 7.06. The number of aromatic nitrogens is 3. The SMILES string of the molecule is Cn1cc(-c2cnc(NC(=O)C(NCCc3ccc(C#N)cc3)c3ccccc3)c(F)c2)cn1. The van der Waals surface area contributed by atoms with Crippen LogP contribution in [0, 0.1) is 17.1 Å². The summed E-state index contributed by atoms with van der Waals surface area (Å²) >= 11 is 0. The Morgan fingerprint density at radius 2 is 1.88 bits per heavy atom. The van der Waals surface area contributed by atoms with Crippen molar-refractivity contribution < 1.29 is 9.18 Å². The Hall–Kier alpha value is -4.35. The summed E-state index contributed by atoms with van der Waals surface area (Å²) < 4.78 is 16.4. The monoisotopic (exact) mass is 454 g/mol. The summed E-state index contributed by atoms with van der Waals surface area (Å²) in [5, 5.41) is 18.9. The Balaban J connectivity index is 1.46. The first kappa shape index (κ1) is 22.8. The van der Waals surface area contributed by atoms with Crippen LogP contribution in [0.1, 0.15) is 22.7 Å². The molecule has 2 aromatic carbocycles. The number of hydrogen-bond acceptors (Lipinski definition) is 5. The van der Waals surface area contributed by atoms with Gasteiger partial charge in [0.1, 0.15) is 6.04 Å². The average molecular weight is 455 g/mol. The third kappa shape index (κ3) is 5.52. The van der Waals surface area contributed by atoms with Crippen LogP contribution in [-0.4, -0.2) is 27.2 Å². The molecular weight excluding hydrogens is 431 g/mol. The quantitative estimate of drug-likeness (QED) is 0.420. The first-order valence-corrected chi connectivity index (χ1v) is 10.8. The molecule has 0 fully saturated rings. The molecule has 8 heteroatoms. The van der Waals surface area contributed by atoms with Gasteiger partial charge in [-0.2, -0.15) is 10.4 Å². The predicted molar refractivity (Wildman–Crippen MR) is 127 cm³/mol. The molecule has 0 radical (unpaired) electrons. The van der Waals surface area contributed by atoms with Crippen LogP contribution in [0.15, 0.2) is 79.3 Å². The number of halogens is 1. The molecule has 0 saturated carbocycles. The summed E-state index contributed by atoms with van der Waals surface area (Å²) in [4.78, 5) is 17.2. The van der Waals surface area contributed by atoms with Gasteiger partial charge in [0.25, 0.3) is 0 Å². The molecule has 2 N–H and O–H groups in total. The first-order chi connectivity index (χ1) is 16.5. The van der Waals surface area contributed by atoms with E-state index in [0.29, 0.717) is 24.1 Å². The van der Waals surface area contributed by atoms with E-state index in [9.17, 15) is 9.18 Å². The van der Waals surface area contributed by atoms with Gasteiger partial charge in [-0.25, -0.2) is 9.37 Å². The molecule has 2 heterocycles. The number of anilines is 1. The normalized spacial score (nSPS) is 11.6. The molecule has 0 aliphatic carbocycles. The number of carbonyl (C=O) groups is 1. The zero-order valence-electron chi connectivity index (χ0n) is 18.6. The summed E-state index contributed by atoms with van der Waals surface area (Å²) in [5.41, 5.74) is 3.70. The van der Waals surface area contributed by atoms with Crippen LogP contribution in [0.3, 0.4) is 0 Å². The fraction of sp³-hybridized carbons (Fsp3) is 0.154. The number of carbonyl (C=O) groups excluding carboxylic acids is 1. The van der Waals surface area contributed by atoms with Crippen molar-refractivity contribution in [2.45, 2.75) is 12.5 Å². The minimum Gasteiger partial charge on any atom is -0.307 e. The highest BCUT2D eigenvalue weighted by molar-refractivity contribution is 5.95. The molecule has 1 amide bonds. The van der Waals surface area contributed by atoms with Gasteiger partial charge in [0.15, 0.2) is 11.6 Å². The van der Waals surface area contributed by atoms with Crippen LogP contribution < -0.4 is 10.6 Å². The molecule has 0 spiro atoms. The van der Waals surface area contributed by atoms with E-state index < -0.39 is 17.8 Å². The standard InChI is InChI=1S/C26H23FN6O/c1-33-17-22(16-31-33)21-13-23(27)25(30-15-21)32-26(34)24(20-5-3-2-4-6-20)29-12-11-18-7-9-19(14-28)10-8-18/h2-10,13,15-17,24,29H,11-12H2,1H3,(H,30,32,34). The molecule has 34 heavy (non-hydrogen) atoms. The van der Waals surface area contributed by atoms with Crippen molar-refractivity contribution >= 4 is 11.7 Å². The van der Waals surface area contributed by atoms with Gasteiger partial charge in [-0.05, 0) is 35.7 Å². The zero-order chi connectivity index (χ0) is 23.9. The lowest BCUT2D eigenvalue weighted by molar-refractivity contribution is -0.118. The second kappa shape index (κ2) is 10.5. The first-order valence-electron chi connectivity index (χ1n) is 10.8. The van der Waals surface area contributed by atoms with Gasteiger partial charge in [0, 0.05) is 37.1 Å². The maximum Gasteiger partial charge on any atom is 0.247 e. The molecule has 4 rings (SSSR count). The van der Waals surface area contributed by atoms with Crippen molar-refractivity contribution in [3.8, 4) is 17.2 Å². The summed E-state index contributed by atoms with van der Waals surface area (Å²) in [5.74, 6) is -1.17. The number of aryl methyl sites for hydroxylation is 1. The van der Waals surface area contributed by atoms with Crippen molar-refractivity contribution in [3.63, 3.8) is 0 Å². The van der Waals surface area contributed by atoms with E-state index in [1.165, 1.54) is 12.3 Å². The lowest BCUT2D eigenvalue weighted by Crippen LogP contribution is -2.34. The number of pyridine rings is 1. The van der Waals surface area contributed by atoms with Gasteiger partial charge in [-0.3, -0.25) is 9.48 Å². The number of nitriles is 1. The highest BCUT2D eigenvalue weighted by atomic mass is 19.1. The van der Waals surface area contributed by atoms with Crippen LogP contribution in [-0.2, 0) is 18.3 Å². The molecule has 1 unspecified atom stereocenters. The van der Waals surface area contributed by atoms with Crippen LogP contribution in [0.25, 0.3) is 11.1 Å². The molecule has 0 bridgehead atoms. The van der Waals surface area contributed by atoms with E-state index in [1.807, 2.05) is 42.5 Å². The maximum atomic E-state index is 14.8. The number of benzene rings is 2. The van der Waals surface area contributed by atoms with Crippen molar-refractivity contribution in [2.24, 2.45) is 7.05 Å². The fourth-order valence-corrected chi connectivity index (χ4v) is 3.56. The van der Waals surface area contributed by atoms with Gasteiger partial charge in [-0.15, -0.1) is 0 Å². The number of hydrogen-bond donors (Lipinski definition) is 2. The molecule has 1 atom stereocenters. The van der Waals surface area contributed by atoms with Crippen LogP contribution in [0.2, 0.25) is 0 Å². The van der Waals surface area contributed by atoms with Crippen molar-refractivity contribution in [1.29, 1.82) is 5.26 Å². The average Bonchev–Trinajstić information content (AvgIpc) is 3.30. The van der Waals surface area contributed by atoms with Gasteiger partial charge < -0.3 is 10.6 Å². The Labute approximate surface area is 196 Å². The summed E-state index contributed by atoms with van der Waals surface area (Å²) in [6.45, 7) is 0.509. The Morgan fingerprint density at radius 1 is 1.12 bits per heavy atom. The van der Waals surface area contributed by atoms with Gasteiger partial charge in [0.2, 0.25) is 5.91 Å². The lowest BCUT2D eigenvalue weighted by atomic mass is 10.0. The topological polar surface area (TPSA) is 95.6 Å². The summed E-state index contributed by atoms with van der Waals surface area (Å²) in [7, 11) is 1.78. The fourth-order valence-electron chi connectivity index (χ4n) is 3.56. The Bertz CT molecular complexity index is 1310. The second-order valence-electron chi connectivity index (χ2n) is 7.80. The largest absolute Gasteiger partial charge is 0.307 e. The summed E-state index contributed by atoms with van der Waals surface area (Å²) in [6, 6.07) is 19.3. The highest BCUT2D eigenvalue weighted by Gasteiger charge is 2.22. The molecule has 170 valence electrons. The van der Waals surface area contributed by atoms with E-state index in [4.69, 9.17) is 5.26 Å². The number of nitrogens with zero attached hydrogens (tertiary/aromatic N) is 4. The number of amides is 1. The zero-order valence-corrected chi connectivity index (χ0v) is 18.6. The van der Waals surface area contributed by atoms with Gasteiger partial charge in [0.05, 0.1) is 17.8 Å². The lowest BCUT2D eigenvalue weighted by Gasteiger charge is -2.19. The third-order valence-corrected chi connectivity index (χ3v) is 5.36. The van der Waals surface area contributed by atoms with Crippen molar-refractivity contribution in [1.82, 2.24) is 20.1 Å². The van der Waals surface area contributed by atoms with E-state index >= 15 is 0 Å². The number of rotatable bonds is 8. The van der Waals surface area contributed by atoms with Gasteiger partial charge >= 0.3 is 0 Å². The molecule has 2 aromatic heterocycles. The molecular formula is C26H23FN6O. The maximum absolute atomic E-state index is 14.8. The van der Waals surface area contributed by atoms with E-state index in [2.05, 4.69) is 26.8 Å². The van der Waals surface area contributed by atoms with Crippen molar-refractivity contribution in [2.75, 3.05) is 11.9 Å². The Morgan fingerprint density at radius 3 is 2.53 bits per heavy atom. The van der Waals surface area contributed by atoms with E-state index in [1.54, 1.807) is 36.3 Å². The van der Waals surface area contributed by atoms with Crippen LogP contribution in [0.5, 0.6) is 0 Å². The smallest absolute Gasteiger partial charge is 0.247 e. The van der Waals surface area contributed by atoms with E-state index in [0.717, 1.165) is 16.7 Å². The molecule has 7 nitrogen and oxygen atoms in total. The van der Waals surface area contributed by atoms with Crippen LogP contribution in [0.4, 0.5) is 10.2 Å². The molecule has 0 aliphatic rings. The van der Waals surface area contributed by atoms with Crippen LogP contribution >= 0.6 is 0 Å². The predicted octanol–water partition coefficient (Wildman–Crippen LogP) is 4.00. The summed E-state index contributed by atoms with van der Waals surface area (Å²) in [6.07, 6.45) is 5.55. The molecule has 0 saturated heterocycles. The van der Waals surface area contributed by atoms with Gasteiger partial charge in [-0.1, -0.05) is 42.5 Å². The molecule has 0 aliphatic heterocycles. The molecule has 4 aromatic rings. The minimum absolute atomic E-state index is 0.132. The third-order valence-electron chi connectivity index (χ3n) is 5.36. The highest BCUT2D eigenvalue weighted by Crippen LogP contribution is 2.23. The second-order valence-corrected chi connectivity index (χ2v) is 7.80. The van der Waals surface area contributed by atoms with Crippen molar-refractivity contribution in [3.05, 3.63) is 102 Å². The minimum atomic E-state index is -0.696. The number of nitrogens with one attached hydrogen (secondary N) is 2.